The van der Waals surface area contributed by atoms with Gasteiger partial charge < -0.3 is 9.26 Å². The van der Waals surface area contributed by atoms with Crippen LogP contribution in [-0.4, -0.2) is 40.2 Å². The summed E-state index contributed by atoms with van der Waals surface area (Å²) in [4.78, 5) is 18.0. The molecular formula is C13H21N3O3. The molecule has 2 rings (SSSR count). The molecule has 6 nitrogen and oxygen atoms in total. The molecule has 0 aromatic carbocycles. The molecule has 0 N–H and O–H groups in total. The SMILES string of the molecule is CCCc1nc(CN(CC(=O)OCC)C2CC2)no1. The summed E-state index contributed by atoms with van der Waals surface area (Å²) in [6, 6.07) is 0.456. The number of carbonyl (C=O) groups excluding carboxylic acids is 1. The van der Waals surface area contributed by atoms with Gasteiger partial charge in [-0.1, -0.05) is 12.1 Å². The van der Waals surface area contributed by atoms with Crippen LogP contribution >= 0.6 is 0 Å². The second-order valence-corrected chi connectivity index (χ2v) is 4.80. The van der Waals surface area contributed by atoms with Crippen LogP contribution in [0, 0.1) is 0 Å². The molecule has 0 aliphatic heterocycles. The molecule has 1 aliphatic carbocycles. The Morgan fingerprint density at radius 3 is 2.89 bits per heavy atom. The Morgan fingerprint density at radius 2 is 2.26 bits per heavy atom. The molecule has 0 amide bonds. The third-order valence-electron chi connectivity index (χ3n) is 3.02. The van der Waals surface area contributed by atoms with E-state index in [0.717, 1.165) is 25.7 Å². The molecule has 1 aromatic rings. The summed E-state index contributed by atoms with van der Waals surface area (Å²) in [6.45, 7) is 5.16. The summed E-state index contributed by atoms with van der Waals surface area (Å²) in [5, 5.41) is 3.96. The van der Waals surface area contributed by atoms with E-state index >= 15 is 0 Å². The molecular weight excluding hydrogens is 246 g/mol. The van der Waals surface area contributed by atoms with Crippen molar-refractivity contribution in [2.75, 3.05) is 13.2 Å². The van der Waals surface area contributed by atoms with Crippen LogP contribution in [-0.2, 0) is 22.5 Å². The van der Waals surface area contributed by atoms with Gasteiger partial charge in [0.05, 0.1) is 19.7 Å². The first-order valence-corrected chi connectivity index (χ1v) is 6.94. The van der Waals surface area contributed by atoms with Crippen molar-refractivity contribution in [2.24, 2.45) is 0 Å². The normalized spacial score (nSPS) is 14.9. The van der Waals surface area contributed by atoms with Crippen molar-refractivity contribution in [3.8, 4) is 0 Å². The number of carbonyl (C=O) groups is 1. The van der Waals surface area contributed by atoms with E-state index in [0.29, 0.717) is 37.5 Å². The zero-order chi connectivity index (χ0) is 13.7. The number of rotatable bonds is 8. The zero-order valence-corrected chi connectivity index (χ0v) is 11.6. The second-order valence-electron chi connectivity index (χ2n) is 4.80. The first-order valence-electron chi connectivity index (χ1n) is 6.94. The molecule has 0 saturated heterocycles. The number of nitrogens with zero attached hydrogens (tertiary/aromatic N) is 3. The van der Waals surface area contributed by atoms with Gasteiger partial charge >= 0.3 is 5.97 Å². The van der Waals surface area contributed by atoms with E-state index in [4.69, 9.17) is 9.26 Å². The summed E-state index contributed by atoms with van der Waals surface area (Å²) in [5.41, 5.74) is 0. The van der Waals surface area contributed by atoms with Crippen molar-refractivity contribution in [3.05, 3.63) is 11.7 Å². The summed E-state index contributed by atoms with van der Waals surface area (Å²) in [6.07, 6.45) is 4.03. The van der Waals surface area contributed by atoms with Gasteiger partial charge in [0.2, 0.25) is 5.89 Å². The molecule has 6 heteroatoms. The van der Waals surface area contributed by atoms with Gasteiger partial charge in [-0.05, 0) is 26.2 Å². The third-order valence-corrected chi connectivity index (χ3v) is 3.02. The number of ether oxygens (including phenoxy) is 1. The van der Waals surface area contributed by atoms with Crippen LogP contribution in [0.5, 0.6) is 0 Å². The predicted octanol–water partition coefficient (Wildman–Crippen LogP) is 1.55. The lowest BCUT2D eigenvalue weighted by molar-refractivity contribution is -0.144. The van der Waals surface area contributed by atoms with E-state index in [2.05, 4.69) is 22.0 Å². The maximum atomic E-state index is 11.6. The van der Waals surface area contributed by atoms with Crippen LogP contribution in [0.2, 0.25) is 0 Å². The smallest absolute Gasteiger partial charge is 0.320 e. The number of hydrogen-bond acceptors (Lipinski definition) is 6. The lowest BCUT2D eigenvalue weighted by atomic mass is 10.3. The highest BCUT2D eigenvalue weighted by Gasteiger charge is 2.31. The maximum absolute atomic E-state index is 11.6. The molecule has 0 bridgehead atoms. The molecule has 0 spiro atoms. The van der Waals surface area contributed by atoms with Crippen molar-refractivity contribution in [1.82, 2.24) is 15.0 Å². The highest BCUT2D eigenvalue weighted by molar-refractivity contribution is 5.71. The molecule has 106 valence electrons. The fourth-order valence-corrected chi connectivity index (χ4v) is 1.98. The molecule has 1 aromatic heterocycles. The zero-order valence-electron chi connectivity index (χ0n) is 11.6. The molecule has 1 aliphatic rings. The summed E-state index contributed by atoms with van der Waals surface area (Å²) >= 11 is 0. The van der Waals surface area contributed by atoms with Gasteiger partial charge in [-0.15, -0.1) is 0 Å². The topological polar surface area (TPSA) is 68.5 Å². The number of aryl methyl sites for hydroxylation is 1. The van der Waals surface area contributed by atoms with Crippen molar-refractivity contribution >= 4 is 5.97 Å². The van der Waals surface area contributed by atoms with Gasteiger partial charge in [0.15, 0.2) is 5.82 Å². The third kappa shape index (κ3) is 4.31. The summed E-state index contributed by atoms with van der Waals surface area (Å²) < 4.78 is 10.1. The Morgan fingerprint density at radius 1 is 1.47 bits per heavy atom. The highest BCUT2D eigenvalue weighted by Crippen LogP contribution is 2.27. The summed E-state index contributed by atoms with van der Waals surface area (Å²) in [7, 11) is 0. The van der Waals surface area contributed by atoms with Crippen LogP contribution in [0.4, 0.5) is 0 Å². The van der Waals surface area contributed by atoms with Crippen LogP contribution in [0.25, 0.3) is 0 Å². The van der Waals surface area contributed by atoms with Crippen molar-refractivity contribution in [1.29, 1.82) is 0 Å². The fraction of sp³-hybridized carbons (Fsp3) is 0.769. The van der Waals surface area contributed by atoms with E-state index in [1.54, 1.807) is 0 Å². The molecule has 1 heterocycles. The number of esters is 1. The number of aromatic nitrogens is 2. The predicted molar refractivity (Wildman–Crippen MR) is 68.4 cm³/mol. The number of hydrogen-bond donors (Lipinski definition) is 0. The molecule has 1 fully saturated rings. The lowest BCUT2D eigenvalue weighted by Gasteiger charge is -2.18. The van der Waals surface area contributed by atoms with E-state index in [1.165, 1.54) is 0 Å². The Hall–Kier alpha value is -1.43. The minimum Gasteiger partial charge on any atom is -0.465 e. The highest BCUT2D eigenvalue weighted by atomic mass is 16.5. The minimum atomic E-state index is -0.188. The van der Waals surface area contributed by atoms with E-state index in [-0.39, 0.29) is 5.97 Å². The van der Waals surface area contributed by atoms with Gasteiger partial charge in [0.1, 0.15) is 0 Å². The lowest BCUT2D eigenvalue weighted by Crippen LogP contribution is -2.32. The van der Waals surface area contributed by atoms with Crippen molar-refractivity contribution < 1.29 is 14.1 Å². The Labute approximate surface area is 113 Å². The van der Waals surface area contributed by atoms with Crippen LogP contribution in [0.15, 0.2) is 4.52 Å². The average molecular weight is 267 g/mol. The van der Waals surface area contributed by atoms with Crippen LogP contribution in [0.1, 0.15) is 44.8 Å². The molecule has 0 unspecified atom stereocenters. The minimum absolute atomic E-state index is 0.188. The average Bonchev–Trinajstić information content (AvgIpc) is 3.12. The van der Waals surface area contributed by atoms with Gasteiger partial charge in [-0.3, -0.25) is 9.69 Å². The van der Waals surface area contributed by atoms with Gasteiger partial charge in [-0.2, -0.15) is 4.98 Å². The van der Waals surface area contributed by atoms with Crippen LogP contribution < -0.4 is 0 Å². The fourth-order valence-electron chi connectivity index (χ4n) is 1.98. The molecule has 19 heavy (non-hydrogen) atoms. The monoisotopic (exact) mass is 267 g/mol. The van der Waals surface area contributed by atoms with Gasteiger partial charge in [0, 0.05) is 12.5 Å². The maximum Gasteiger partial charge on any atom is 0.320 e. The Bertz CT molecular complexity index is 415. The van der Waals surface area contributed by atoms with E-state index < -0.39 is 0 Å². The summed E-state index contributed by atoms with van der Waals surface area (Å²) in [5.74, 6) is 1.13. The molecule has 1 saturated carbocycles. The standard InChI is InChI=1S/C13H21N3O3/c1-3-5-12-14-11(15-19-12)8-16(10-6-7-10)9-13(17)18-4-2/h10H,3-9H2,1-2H3. The van der Waals surface area contributed by atoms with Crippen molar-refractivity contribution in [2.45, 2.75) is 52.1 Å². The van der Waals surface area contributed by atoms with E-state index in [9.17, 15) is 4.79 Å². The van der Waals surface area contributed by atoms with E-state index in [1.807, 2.05) is 6.92 Å². The van der Waals surface area contributed by atoms with Gasteiger partial charge in [-0.25, -0.2) is 0 Å². The Balaban J connectivity index is 1.90. The molecule has 0 radical (unpaired) electrons. The Kier molecular flexibility index (Phi) is 4.90. The van der Waals surface area contributed by atoms with Crippen LogP contribution in [0.3, 0.4) is 0 Å². The first-order chi connectivity index (χ1) is 9.22. The largest absolute Gasteiger partial charge is 0.465 e. The van der Waals surface area contributed by atoms with Crippen molar-refractivity contribution in [3.63, 3.8) is 0 Å². The second kappa shape index (κ2) is 6.65. The molecule has 0 atom stereocenters. The quantitative estimate of drug-likeness (QED) is 0.666. The van der Waals surface area contributed by atoms with Gasteiger partial charge in [0.25, 0.3) is 0 Å². The first kappa shape index (κ1) is 14.0.